The van der Waals surface area contributed by atoms with Crippen LogP contribution in [0.5, 0.6) is 0 Å². The second-order valence-corrected chi connectivity index (χ2v) is 6.70. The van der Waals surface area contributed by atoms with Crippen molar-refractivity contribution in [3.05, 3.63) is 17.8 Å². The van der Waals surface area contributed by atoms with Gasteiger partial charge in [0.1, 0.15) is 5.76 Å². The van der Waals surface area contributed by atoms with Gasteiger partial charge in [0.05, 0.1) is 0 Å². The number of amides is 1. The number of oxazole rings is 1. The zero-order valence-electron chi connectivity index (χ0n) is 13.7. The molecule has 1 aromatic rings. The second-order valence-electron chi connectivity index (χ2n) is 6.70. The van der Waals surface area contributed by atoms with Gasteiger partial charge in [-0.15, -0.1) is 0 Å². The van der Waals surface area contributed by atoms with Crippen LogP contribution in [0, 0.1) is 0 Å². The van der Waals surface area contributed by atoms with E-state index in [0.717, 1.165) is 45.7 Å². The van der Waals surface area contributed by atoms with Gasteiger partial charge in [-0.25, -0.2) is 4.98 Å². The molecule has 2 fully saturated rings. The number of piperazine rings is 1. The number of hydrogen-bond acceptors (Lipinski definition) is 5. The maximum Gasteiger partial charge on any atom is 0.276 e. The van der Waals surface area contributed by atoms with Gasteiger partial charge in [-0.1, -0.05) is 13.8 Å². The van der Waals surface area contributed by atoms with Crippen LogP contribution >= 0.6 is 0 Å². The highest BCUT2D eigenvalue weighted by Crippen LogP contribution is 2.31. The molecule has 3 heterocycles. The van der Waals surface area contributed by atoms with Crippen LogP contribution in [0.4, 0.5) is 0 Å². The number of aromatic nitrogens is 1. The Kier molecular flexibility index (Phi) is 4.23. The van der Waals surface area contributed by atoms with E-state index in [2.05, 4.69) is 16.9 Å². The molecule has 0 radical (unpaired) electrons. The Morgan fingerprint density at radius 2 is 2.05 bits per heavy atom. The summed E-state index contributed by atoms with van der Waals surface area (Å²) in [5, 5.41) is 0. The molecule has 0 atom stereocenters. The minimum atomic E-state index is -0.00332. The number of hydrogen-bond donors (Lipinski definition) is 0. The Morgan fingerprint density at radius 1 is 1.32 bits per heavy atom. The molecule has 2 saturated heterocycles. The molecule has 1 amide bonds. The van der Waals surface area contributed by atoms with Gasteiger partial charge in [0, 0.05) is 44.3 Å². The molecular formula is C16H25N3O3. The number of nitrogens with zero attached hydrogens (tertiary/aromatic N) is 3. The van der Waals surface area contributed by atoms with E-state index in [1.165, 1.54) is 6.39 Å². The summed E-state index contributed by atoms with van der Waals surface area (Å²) in [6, 6.07) is 0. The fourth-order valence-corrected chi connectivity index (χ4v) is 3.50. The average molecular weight is 307 g/mol. The maximum atomic E-state index is 12.9. The Balaban J connectivity index is 1.80. The van der Waals surface area contributed by atoms with Gasteiger partial charge in [0.15, 0.2) is 12.1 Å². The van der Waals surface area contributed by atoms with Crippen molar-refractivity contribution in [2.75, 3.05) is 39.9 Å². The number of carbonyl (C=O) groups excluding carboxylic acids is 1. The highest BCUT2D eigenvalue weighted by molar-refractivity contribution is 5.93. The van der Waals surface area contributed by atoms with Gasteiger partial charge in [0.25, 0.3) is 5.91 Å². The van der Waals surface area contributed by atoms with Crippen molar-refractivity contribution in [2.24, 2.45) is 0 Å². The van der Waals surface area contributed by atoms with Crippen LogP contribution in [0.2, 0.25) is 0 Å². The van der Waals surface area contributed by atoms with Crippen LogP contribution in [0.15, 0.2) is 10.8 Å². The molecule has 0 aromatic carbocycles. The molecule has 6 nitrogen and oxygen atoms in total. The third-order valence-corrected chi connectivity index (χ3v) is 5.03. The van der Waals surface area contributed by atoms with Crippen LogP contribution in [-0.2, 0) is 4.74 Å². The van der Waals surface area contributed by atoms with Crippen LogP contribution in [0.1, 0.15) is 48.9 Å². The third kappa shape index (κ3) is 2.65. The zero-order valence-corrected chi connectivity index (χ0v) is 13.7. The summed E-state index contributed by atoms with van der Waals surface area (Å²) in [5.41, 5.74) is 0.523. The molecule has 2 aliphatic rings. The fraction of sp³-hybridized carbons (Fsp3) is 0.750. The van der Waals surface area contributed by atoms with E-state index >= 15 is 0 Å². The number of carbonyl (C=O) groups is 1. The molecule has 0 aliphatic carbocycles. The first-order valence-electron chi connectivity index (χ1n) is 8.05. The standard InChI is InChI=1S/C16H25N3O3/c1-12(2)14-13(17-11-22-14)15(20)19-7-6-18(3)16(10-19)4-8-21-9-5-16/h11-12H,4-10H2,1-3H3. The highest BCUT2D eigenvalue weighted by Gasteiger charge is 2.43. The quantitative estimate of drug-likeness (QED) is 0.833. The van der Waals surface area contributed by atoms with Gasteiger partial charge in [-0.3, -0.25) is 9.69 Å². The smallest absolute Gasteiger partial charge is 0.276 e. The first kappa shape index (κ1) is 15.5. The lowest BCUT2D eigenvalue weighted by Gasteiger charge is -2.51. The summed E-state index contributed by atoms with van der Waals surface area (Å²) < 4.78 is 10.9. The topological polar surface area (TPSA) is 58.8 Å². The number of ether oxygens (including phenoxy) is 1. The molecule has 1 aromatic heterocycles. The predicted octanol–water partition coefficient (Wildman–Crippen LogP) is 1.73. The lowest BCUT2D eigenvalue weighted by Crippen LogP contribution is -2.63. The zero-order chi connectivity index (χ0) is 15.7. The second kappa shape index (κ2) is 6.01. The fourth-order valence-electron chi connectivity index (χ4n) is 3.50. The van der Waals surface area contributed by atoms with Crippen molar-refractivity contribution in [2.45, 2.75) is 38.1 Å². The van der Waals surface area contributed by atoms with Gasteiger partial charge in [0.2, 0.25) is 0 Å². The van der Waals surface area contributed by atoms with E-state index < -0.39 is 0 Å². The minimum Gasteiger partial charge on any atom is -0.447 e. The van der Waals surface area contributed by atoms with Gasteiger partial charge >= 0.3 is 0 Å². The van der Waals surface area contributed by atoms with Crippen molar-refractivity contribution in [3.63, 3.8) is 0 Å². The van der Waals surface area contributed by atoms with Gasteiger partial charge in [-0.2, -0.15) is 0 Å². The predicted molar refractivity (Wildman–Crippen MR) is 81.9 cm³/mol. The summed E-state index contributed by atoms with van der Waals surface area (Å²) in [4.78, 5) is 21.4. The summed E-state index contributed by atoms with van der Waals surface area (Å²) in [5.74, 6) is 0.840. The SMILES string of the molecule is CC(C)c1ocnc1C(=O)N1CCN(C)C2(CCOCC2)C1. The molecular weight excluding hydrogens is 282 g/mol. The van der Waals surface area contributed by atoms with E-state index in [1.54, 1.807) is 0 Å². The highest BCUT2D eigenvalue weighted by atomic mass is 16.5. The molecule has 6 heteroatoms. The van der Waals surface area contributed by atoms with E-state index in [-0.39, 0.29) is 17.4 Å². The lowest BCUT2D eigenvalue weighted by atomic mass is 9.86. The van der Waals surface area contributed by atoms with E-state index in [0.29, 0.717) is 11.5 Å². The third-order valence-electron chi connectivity index (χ3n) is 5.03. The molecule has 2 aliphatic heterocycles. The molecule has 1 spiro atoms. The molecule has 122 valence electrons. The normalized spacial score (nSPS) is 22.5. The number of rotatable bonds is 2. The Labute approximate surface area is 131 Å². The molecule has 3 rings (SSSR count). The van der Waals surface area contributed by atoms with E-state index in [4.69, 9.17) is 9.15 Å². The Morgan fingerprint density at radius 3 is 2.73 bits per heavy atom. The van der Waals surface area contributed by atoms with Crippen LogP contribution in [0.3, 0.4) is 0 Å². The molecule has 0 unspecified atom stereocenters. The molecule has 0 N–H and O–H groups in total. The van der Waals surface area contributed by atoms with Crippen molar-refractivity contribution < 1.29 is 13.9 Å². The summed E-state index contributed by atoms with van der Waals surface area (Å²) in [7, 11) is 2.16. The molecule has 0 saturated carbocycles. The van der Waals surface area contributed by atoms with E-state index in [1.807, 2.05) is 18.7 Å². The van der Waals surface area contributed by atoms with Crippen LogP contribution < -0.4 is 0 Å². The van der Waals surface area contributed by atoms with Crippen molar-refractivity contribution in [3.8, 4) is 0 Å². The van der Waals surface area contributed by atoms with Crippen molar-refractivity contribution in [1.29, 1.82) is 0 Å². The summed E-state index contributed by atoms with van der Waals surface area (Å²) >= 11 is 0. The minimum absolute atomic E-state index is 0.00332. The van der Waals surface area contributed by atoms with Crippen molar-refractivity contribution >= 4 is 5.91 Å². The van der Waals surface area contributed by atoms with Gasteiger partial charge < -0.3 is 14.1 Å². The summed E-state index contributed by atoms with van der Waals surface area (Å²) in [6.45, 7) is 7.95. The van der Waals surface area contributed by atoms with Crippen LogP contribution in [-0.4, -0.2) is 66.1 Å². The maximum absolute atomic E-state index is 12.9. The first-order chi connectivity index (χ1) is 10.5. The van der Waals surface area contributed by atoms with Gasteiger partial charge in [-0.05, 0) is 19.9 Å². The molecule has 0 bridgehead atoms. The Bertz CT molecular complexity index is 534. The van der Waals surface area contributed by atoms with Crippen molar-refractivity contribution in [1.82, 2.24) is 14.8 Å². The van der Waals surface area contributed by atoms with E-state index in [9.17, 15) is 4.79 Å². The lowest BCUT2D eigenvalue weighted by molar-refractivity contribution is -0.0544. The first-order valence-corrected chi connectivity index (χ1v) is 8.05. The monoisotopic (exact) mass is 307 g/mol. The Hall–Kier alpha value is -1.40. The largest absolute Gasteiger partial charge is 0.447 e. The number of likely N-dealkylation sites (N-methyl/N-ethyl adjacent to an activating group) is 1. The average Bonchev–Trinajstić information content (AvgIpc) is 3.00. The molecule has 22 heavy (non-hydrogen) atoms. The van der Waals surface area contributed by atoms with Crippen LogP contribution in [0.25, 0.3) is 0 Å². The summed E-state index contributed by atoms with van der Waals surface area (Å²) in [6.07, 6.45) is 3.33.